The van der Waals surface area contributed by atoms with Crippen molar-refractivity contribution in [3.63, 3.8) is 0 Å². The van der Waals surface area contributed by atoms with Crippen LogP contribution >= 0.6 is 15.9 Å². The molecule has 0 heterocycles. The summed E-state index contributed by atoms with van der Waals surface area (Å²) in [6.07, 6.45) is 1.89. The largest absolute Gasteiger partial charge is 0.490 e. The molecule has 0 spiro atoms. The lowest BCUT2D eigenvalue weighted by atomic mass is 10.3. The van der Waals surface area contributed by atoms with Crippen molar-refractivity contribution in [3.05, 3.63) is 28.5 Å². The number of halogens is 2. The van der Waals surface area contributed by atoms with Gasteiger partial charge in [0, 0.05) is 18.1 Å². The van der Waals surface area contributed by atoms with E-state index in [2.05, 4.69) is 21.2 Å². The van der Waals surface area contributed by atoms with Gasteiger partial charge in [-0.15, -0.1) is 0 Å². The second-order valence-electron chi connectivity index (χ2n) is 3.87. The van der Waals surface area contributed by atoms with Gasteiger partial charge in [0.25, 0.3) is 0 Å². The monoisotopic (exact) mass is 319 g/mol. The minimum absolute atomic E-state index is 0.303. The smallest absolute Gasteiger partial charge is 0.165 e. The van der Waals surface area contributed by atoms with Crippen LogP contribution in [-0.2, 0) is 4.74 Å². The van der Waals surface area contributed by atoms with Crippen LogP contribution in [0.1, 0.15) is 12.8 Å². The van der Waals surface area contributed by atoms with E-state index >= 15 is 0 Å². The third kappa shape index (κ3) is 6.33. The number of rotatable bonds is 9. The summed E-state index contributed by atoms with van der Waals surface area (Å²) >= 11 is 3.29. The minimum atomic E-state index is -0.323. The number of nitrogens with one attached hydrogen (secondary N) is 1. The summed E-state index contributed by atoms with van der Waals surface area (Å²) in [6.45, 7) is 3.03. The molecule has 0 radical (unpaired) electrons. The zero-order valence-electron chi connectivity index (χ0n) is 10.5. The third-order valence-corrected chi connectivity index (χ3v) is 2.87. The molecule has 1 rings (SSSR count). The van der Waals surface area contributed by atoms with Crippen molar-refractivity contribution in [2.75, 3.05) is 33.4 Å². The van der Waals surface area contributed by atoms with Crippen LogP contribution < -0.4 is 10.1 Å². The van der Waals surface area contributed by atoms with Gasteiger partial charge in [0.15, 0.2) is 11.6 Å². The molecule has 0 saturated heterocycles. The van der Waals surface area contributed by atoms with Gasteiger partial charge in [-0.1, -0.05) is 15.9 Å². The van der Waals surface area contributed by atoms with E-state index in [1.54, 1.807) is 19.2 Å². The molecule has 0 bridgehead atoms. The Morgan fingerprint density at radius 1 is 1.22 bits per heavy atom. The molecule has 1 aromatic carbocycles. The van der Waals surface area contributed by atoms with E-state index in [-0.39, 0.29) is 5.82 Å². The fourth-order valence-electron chi connectivity index (χ4n) is 1.42. The maximum atomic E-state index is 13.3. The summed E-state index contributed by atoms with van der Waals surface area (Å²) in [6, 6.07) is 4.69. The predicted octanol–water partition coefficient (Wildman–Crippen LogP) is 2.98. The standard InChI is InChI=1S/C13H19BrFNO2/c1-17-9-7-16-6-2-3-8-18-13-10-11(14)4-5-12(13)15/h4-5,10,16H,2-3,6-9H2,1H3. The summed E-state index contributed by atoms with van der Waals surface area (Å²) in [5.74, 6) is -0.0202. The highest BCUT2D eigenvalue weighted by atomic mass is 79.9. The molecule has 1 aromatic rings. The molecular weight excluding hydrogens is 301 g/mol. The molecule has 3 nitrogen and oxygen atoms in total. The van der Waals surface area contributed by atoms with E-state index in [9.17, 15) is 4.39 Å². The second kappa shape index (κ2) is 9.30. The first-order valence-electron chi connectivity index (χ1n) is 6.01. The Hall–Kier alpha value is -0.650. The summed E-state index contributed by atoms with van der Waals surface area (Å²) in [7, 11) is 1.68. The average Bonchev–Trinajstić information content (AvgIpc) is 2.36. The first kappa shape index (κ1) is 15.4. The fraction of sp³-hybridized carbons (Fsp3) is 0.538. The lowest BCUT2D eigenvalue weighted by molar-refractivity contribution is 0.199. The number of hydrogen-bond acceptors (Lipinski definition) is 3. The minimum Gasteiger partial charge on any atom is -0.490 e. The van der Waals surface area contributed by atoms with E-state index in [1.165, 1.54) is 6.07 Å². The van der Waals surface area contributed by atoms with Gasteiger partial charge in [-0.2, -0.15) is 0 Å². The number of methoxy groups -OCH3 is 1. The Morgan fingerprint density at radius 2 is 2.06 bits per heavy atom. The summed E-state index contributed by atoms with van der Waals surface area (Å²) < 4.78 is 24.4. The van der Waals surface area contributed by atoms with Crippen LogP contribution in [0.15, 0.2) is 22.7 Å². The molecule has 18 heavy (non-hydrogen) atoms. The highest BCUT2D eigenvalue weighted by Gasteiger charge is 2.03. The van der Waals surface area contributed by atoms with E-state index in [0.717, 1.165) is 37.0 Å². The van der Waals surface area contributed by atoms with Crippen molar-refractivity contribution >= 4 is 15.9 Å². The lowest BCUT2D eigenvalue weighted by Crippen LogP contribution is -2.20. The third-order valence-electron chi connectivity index (χ3n) is 2.38. The van der Waals surface area contributed by atoms with Crippen LogP contribution in [0.4, 0.5) is 4.39 Å². The Labute approximate surface area is 116 Å². The van der Waals surface area contributed by atoms with Gasteiger partial charge in [0.1, 0.15) is 0 Å². The molecule has 0 aliphatic rings. The maximum absolute atomic E-state index is 13.3. The van der Waals surface area contributed by atoms with Gasteiger partial charge in [-0.05, 0) is 37.6 Å². The highest BCUT2D eigenvalue weighted by Crippen LogP contribution is 2.22. The number of ether oxygens (including phenoxy) is 2. The van der Waals surface area contributed by atoms with Gasteiger partial charge in [-0.3, -0.25) is 0 Å². The first-order valence-corrected chi connectivity index (χ1v) is 6.81. The summed E-state index contributed by atoms with van der Waals surface area (Å²) in [5.41, 5.74) is 0. The van der Waals surface area contributed by atoms with Crippen molar-refractivity contribution in [2.45, 2.75) is 12.8 Å². The molecule has 1 N–H and O–H groups in total. The molecule has 0 amide bonds. The molecular formula is C13H19BrFNO2. The van der Waals surface area contributed by atoms with Gasteiger partial charge >= 0.3 is 0 Å². The van der Waals surface area contributed by atoms with Crippen LogP contribution in [0.25, 0.3) is 0 Å². The predicted molar refractivity (Wildman–Crippen MR) is 73.6 cm³/mol. The normalized spacial score (nSPS) is 10.6. The SMILES string of the molecule is COCCNCCCCOc1cc(Br)ccc1F. The lowest BCUT2D eigenvalue weighted by Gasteiger charge is -2.08. The van der Waals surface area contributed by atoms with Gasteiger partial charge in [0.05, 0.1) is 13.2 Å². The Morgan fingerprint density at radius 3 is 2.83 bits per heavy atom. The second-order valence-corrected chi connectivity index (χ2v) is 4.79. The Balaban J connectivity index is 2.09. The Bertz CT molecular complexity index is 350. The zero-order chi connectivity index (χ0) is 13.2. The molecule has 0 atom stereocenters. The number of hydrogen-bond donors (Lipinski definition) is 1. The van der Waals surface area contributed by atoms with Crippen LogP contribution in [0.2, 0.25) is 0 Å². The molecule has 5 heteroatoms. The first-order chi connectivity index (χ1) is 8.74. The molecule has 0 aromatic heterocycles. The molecule has 0 saturated carbocycles. The topological polar surface area (TPSA) is 30.5 Å². The molecule has 0 aliphatic heterocycles. The van der Waals surface area contributed by atoms with E-state index in [4.69, 9.17) is 9.47 Å². The number of benzene rings is 1. The van der Waals surface area contributed by atoms with Crippen LogP contribution in [0, 0.1) is 5.82 Å². The van der Waals surface area contributed by atoms with E-state index in [0.29, 0.717) is 12.4 Å². The summed E-state index contributed by atoms with van der Waals surface area (Å²) in [5, 5.41) is 3.24. The maximum Gasteiger partial charge on any atom is 0.165 e. The molecule has 0 fully saturated rings. The summed E-state index contributed by atoms with van der Waals surface area (Å²) in [4.78, 5) is 0. The fourth-order valence-corrected chi connectivity index (χ4v) is 1.76. The van der Waals surface area contributed by atoms with Crippen molar-refractivity contribution in [2.24, 2.45) is 0 Å². The van der Waals surface area contributed by atoms with Gasteiger partial charge in [-0.25, -0.2) is 4.39 Å². The van der Waals surface area contributed by atoms with Gasteiger partial charge in [0.2, 0.25) is 0 Å². The van der Waals surface area contributed by atoms with E-state index < -0.39 is 0 Å². The van der Waals surface area contributed by atoms with Crippen molar-refractivity contribution < 1.29 is 13.9 Å². The van der Waals surface area contributed by atoms with Crippen molar-refractivity contribution in [1.29, 1.82) is 0 Å². The molecule has 0 aliphatic carbocycles. The zero-order valence-corrected chi connectivity index (χ0v) is 12.1. The Kier molecular flexibility index (Phi) is 7.96. The molecule has 102 valence electrons. The quantitative estimate of drug-likeness (QED) is 0.710. The van der Waals surface area contributed by atoms with Crippen LogP contribution in [0.3, 0.4) is 0 Å². The van der Waals surface area contributed by atoms with Crippen molar-refractivity contribution in [3.8, 4) is 5.75 Å². The average molecular weight is 320 g/mol. The van der Waals surface area contributed by atoms with Crippen LogP contribution in [0.5, 0.6) is 5.75 Å². The van der Waals surface area contributed by atoms with Crippen LogP contribution in [-0.4, -0.2) is 33.4 Å². The number of unbranched alkanes of at least 4 members (excludes halogenated alkanes) is 1. The van der Waals surface area contributed by atoms with Gasteiger partial charge < -0.3 is 14.8 Å². The molecule has 0 unspecified atom stereocenters. The van der Waals surface area contributed by atoms with E-state index in [1.807, 2.05) is 0 Å². The highest BCUT2D eigenvalue weighted by molar-refractivity contribution is 9.10. The van der Waals surface area contributed by atoms with Crippen molar-refractivity contribution in [1.82, 2.24) is 5.32 Å².